The van der Waals surface area contributed by atoms with E-state index in [1.165, 1.54) is 110 Å². The van der Waals surface area contributed by atoms with Gasteiger partial charge in [-0.15, -0.1) is 0 Å². The number of hydrogen-bond donors (Lipinski definition) is 0. The van der Waals surface area contributed by atoms with Crippen molar-refractivity contribution in [2.45, 2.75) is 131 Å². The third-order valence-corrected chi connectivity index (χ3v) is 15.9. The zero-order chi connectivity index (χ0) is 52.4. The van der Waals surface area contributed by atoms with Crippen LogP contribution in [-0.2, 0) is 27.1 Å². The van der Waals surface area contributed by atoms with Gasteiger partial charge in [0, 0.05) is 32.9 Å². The van der Waals surface area contributed by atoms with Gasteiger partial charge in [0.1, 0.15) is 0 Å². The maximum absolute atomic E-state index is 2.53. The Morgan fingerprint density at radius 3 is 1.30 bits per heavy atom. The molecule has 0 radical (unpaired) electrons. The zero-order valence-corrected chi connectivity index (χ0v) is 46.6. The van der Waals surface area contributed by atoms with E-state index in [0.717, 1.165) is 17.1 Å². The van der Waals surface area contributed by atoms with Crippen molar-refractivity contribution in [3.8, 4) is 27.9 Å². The third kappa shape index (κ3) is 8.64. The van der Waals surface area contributed by atoms with Gasteiger partial charge in [-0.1, -0.05) is 219 Å². The monoisotopic (exact) mass is 967 g/mol. The second kappa shape index (κ2) is 17.2. The Kier molecular flexibility index (Phi) is 11.4. The minimum absolute atomic E-state index is 0.0242. The highest BCUT2D eigenvalue weighted by molar-refractivity contribution is 6.27. The molecule has 2 nitrogen and oxygen atoms in total. The van der Waals surface area contributed by atoms with Gasteiger partial charge < -0.3 is 9.47 Å². The summed E-state index contributed by atoms with van der Waals surface area (Å²) in [7, 11) is 0. The van der Waals surface area contributed by atoms with E-state index in [2.05, 4.69) is 289 Å². The average molecular weight is 967 g/mol. The minimum atomic E-state index is 0.0242. The van der Waals surface area contributed by atoms with Crippen LogP contribution in [0.1, 0.15) is 132 Å². The van der Waals surface area contributed by atoms with E-state index in [1.54, 1.807) is 0 Å². The first-order valence-corrected chi connectivity index (χ1v) is 26.9. The molecule has 11 rings (SSSR count). The number of hydrogen-bond acceptors (Lipinski definition) is 1. The Balaban J connectivity index is 1.12. The van der Waals surface area contributed by atoms with Gasteiger partial charge in [0.05, 0.1) is 22.4 Å². The molecule has 0 saturated heterocycles. The molecule has 2 heteroatoms. The summed E-state index contributed by atoms with van der Waals surface area (Å²) in [6.07, 6.45) is 0. The van der Waals surface area contributed by atoms with Crippen molar-refractivity contribution in [1.82, 2.24) is 4.57 Å². The summed E-state index contributed by atoms with van der Waals surface area (Å²) < 4.78 is 2.53. The SMILES string of the molecule is CC(C)(C)c1ccc(-c2cccc(N(c3ccc(-c4cc(C(C)(C)C)cc(C(C)(C)C)c4)cc3)c3ccc4ccc5c(-n6c7ccc(C(C)(C)C)cc7c7cc(C(C)(C)C)ccc76)ccc6ccc3c4c65)c2)cc1. The lowest BCUT2D eigenvalue weighted by molar-refractivity contribution is 0.569. The van der Waals surface area contributed by atoms with E-state index < -0.39 is 0 Å². The molecule has 0 aliphatic rings. The largest absolute Gasteiger partial charge is 0.310 e. The van der Waals surface area contributed by atoms with Crippen LogP contribution in [0.4, 0.5) is 17.1 Å². The standard InChI is InChI=1S/C72H74N2/c1-68(2,3)51-27-19-45(20-28-51)49-17-16-18-57(41-49)73(56-31-21-46(22-32-56)50-39-54(71(10,11)12)42-55(40-50)72(13,14)15)62-35-25-47-24-34-59-63(36-26-48-23-33-58(62)66(47)67(48)59)74-64-37-29-52(69(4,5)6)43-60(64)61-44-53(70(7,8)9)30-38-65(61)74/h16-44H,1-15H3. The van der Waals surface area contributed by atoms with E-state index >= 15 is 0 Å². The number of anilines is 3. The van der Waals surface area contributed by atoms with Gasteiger partial charge in [0.2, 0.25) is 0 Å². The normalized spacial score (nSPS) is 13.1. The molecular formula is C72H74N2. The number of aromatic nitrogens is 1. The first-order valence-electron chi connectivity index (χ1n) is 26.9. The highest BCUT2D eigenvalue weighted by atomic mass is 15.1. The van der Waals surface area contributed by atoms with Crippen LogP contribution >= 0.6 is 0 Å². The van der Waals surface area contributed by atoms with Crippen molar-refractivity contribution in [1.29, 1.82) is 0 Å². The molecule has 74 heavy (non-hydrogen) atoms. The molecule has 0 unspecified atom stereocenters. The number of rotatable bonds is 6. The maximum atomic E-state index is 2.53. The van der Waals surface area contributed by atoms with E-state index in [1.807, 2.05) is 0 Å². The average Bonchev–Trinajstić information content (AvgIpc) is 3.68. The van der Waals surface area contributed by atoms with Gasteiger partial charge in [-0.2, -0.15) is 0 Å². The predicted octanol–water partition coefficient (Wildman–Crippen LogP) is 21.0. The molecule has 1 aromatic heterocycles. The van der Waals surface area contributed by atoms with Crippen LogP contribution in [-0.4, -0.2) is 4.57 Å². The Labute approximate surface area is 441 Å². The lowest BCUT2D eigenvalue weighted by Crippen LogP contribution is -2.16. The van der Waals surface area contributed by atoms with Crippen LogP contribution in [0.5, 0.6) is 0 Å². The number of benzene rings is 10. The molecule has 0 saturated carbocycles. The number of fused-ring (bicyclic) bond motifs is 3. The van der Waals surface area contributed by atoms with Crippen molar-refractivity contribution in [2.24, 2.45) is 0 Å². The summed E-state index contributed by atoms with van der Waals surface area (Å²) in [6, 6.07) is 67.9. The lowest BCUT2D eigenvalue weighted by atomic mass is 9.79. The summed E-state index contributed by atoms with van der Waals surface area (Å²) in [4.78, 5) is 2.49. The quantitative estimate of drug-likeness (QED) is 0.151. The Morgan fingerprint density at radius 1 is 0.297 bits per heavy atom. The van der Waals surface area contributed by atoms with Crippen LogP contribution in [0.15, 0.2) is 176 Å². The van der Waals surface area contributed by atoms with Crippen LogP contribution in [0, 0.1) is 0 Å². The summed E-state index contributed by atoms with van der Waals surface area (Å²) in [6.45, 7) is 34.7. The molecule has 0 fully saturated rings. The molecule has 0 spiro atoms. The van der Waals surface area contributed by atoms with Gasteiger partial charge in [0.15, 0.2) is 0 Å². The van der Waals surface area contributed by atoms with Crippen LogP contribution in [0.25, 0.3) is 82.1 Å². The van der Waals surface area contributed by atoms with Gasteiger partial charge in [0.25, 0.3) is 0 Å². The van der Waals surface area contributed by atoms with Crippen LogP contribution < -0.4 is 4.90 Å². The molecule has 1 heterocycles. The van der Waals surface area contributed by atoms with E-state index in [4.69, 9.17) is 0 Å². The van der Waals surface area contributed by atoms with E-state index in [-0.39, 0.29) is 27.1 Å². The van der Waals surface area contributed by atoms with Crippen molar-refractivity contribution in [3.05, 3.63) is 204 Å². The van der Waals surface area contributed by atoms with Gasteiger partial charge in [-0.05, 0) is 159 Å². The molecule has 0 aliphatic heterocycles. The molecule has 0 bridgehead atoms. The van der Waals surface area contributed by atoms with E-state index in [9.17, 15) is 0 Å². The fourth-order valence-electron chi connectivity index (χ4n) is 11.3. The van der Waals surface area contributed by atoms with Crippen molar-refractivity contribution < 1.29 is 0 Å². The highest BCUT2D eigenvalue weighted by Gasteiger charge is 2.26. The Hall–Kier alpha value is -7.16. The Morgan fingerprint density at radius 2 is 0.757 bits per heavy atom. The predicted molar refractivity (Wildman–Crippen MR) is 324 cm³/mol. The maximum Gasteiger partial charge on any atom is 0.0541 e. The second-order valence-electron chi connectivity index (χ2n) is 26.5. The van der Waals surface area contributed by atoms with Crippen molar-refractivity contribution in [2.75, 3.05) is 4.90 Å². The van der Waals surface area contributed by atoms with Gasteiger partial charge in [-0.3, -0.25) is 0 Å². The zero-order valence-electron chi connectivity index (χ0n) is 46.6. The van der Waals surface area contributed by atoms with Gasteiger partial charge in [-0.25, -0.2) is 0 Å². The summed E-state index contributed by atoms with van der Waals surface area (Å²) >= 11 is 0. The fourth-order valence-corrected chi connectivity index (χ4v) is 11.3. The topological polar surface area (TPSA) is 8.17 Å². The summed E-state index contributed by atoms with van der Waals surface area (Å²) in [5.41, 5.74) is 18.8. The minimum Gasteiger partial charge on any atom is -0.310 e. The van der Waals surface area contributed by atoms with Crippen molar-refractivity contribution in [3.63, 3.8) is 0 Å². The summed E-state index contributed by atoms with van der Waals surface area (Å²) in [5, 5.41) is 10.1. The Bertz CT molecular complexity index is 3830. The molecular weight excluding hydrogens is 893 g/mol. The van der Waals surface area contributed by atoms with E-state index in [0.29, 0.717) is 0 Å². The first-order chi connectivity index (χ1) is 34.8. The number of nitrogens with zero attached hydrogens (tertiary/aromatic N) is 2. The highest BCUT2D eigenvalue weighted by Crippen LogP contribution is 2.47. The fraction of sp³-hybridized carbons (Fsp3) is 0.278. The van der Waals surface area contributed by atoms with Gasteiger partial charge >= 0.3 is 0 Å². The molecule has 0 amide bonds. The molecule has 0 aliphatic carbocycles. The summed E-state index contributed by atoms with van der Waals surface area (Å²) in [5.74, 6) is 0. The molecule has 0 N–H and O–H groups in total. The van der Waals surface area contributed by atoms with Crippen LogP contribution in [0.2, 0.25) is 0 Å². The molecule has 0 atom stereocenters. The first kappa shape index (κ1) is 49.1. The molecule has 372 valence electrons. The van der Waals surface area contributed by atoms with Crippen LogP contribution in [0.3, 0.4) is 0 Å². The molecule has 11 aromatic rings. The third-order valence-electron chi connectivity index (χ3n) is 15.9. The van der Waals surface area contributed by atoms with Crippen molar-refractivity contribution >= 4 is 71.2 Å². The molecule has 10 aromatic carbocycles. The lowest BCUT2D eigenvalue weighted by Gasteiger charge is -2.29. The smallest absolute Gasteiger partial charge is 0.0541 e. The second-order valence-corrected chi connectivity index (χ2v) is 26.5.